The zero-order chi connectivity index (χ0) is 29.4. The number of aliphatic carboxylic acids is 1. The van der Waals surface area contributed by atoms with Crippen molar-refractivity contribution < 1.29 is 19.4 Å². The maximum absolute atomic E-state index is 12.5. The van der Waals surface area contributed by atoms with Crippen LogP contribution >= 0.6 is 0 Å². The Kier molecular flexibility index (Phi) is 31.1. The van der Waals surface area contributed by atoms with Gasteiger partial charge in [0.05, 0.1) is 0 Å². The molecule has 1 unspecified atom stereocenters. The molecule has 1 N–H and O–H groups in total. The lowest BCUT2D eigenvalue weighted by atomic mass is 10.0. The number of ether oxygens (including phenoxy) is 1. The van der Waals surface area contributed by atoms with Crippen LogP contribution in [0.3, 0.4) is 0 Å². The van der Waals surface area contributed by atoms with Crippen molar-refractivity contribution in [3.8, 4) is 0 Å². The topological polar surface area (TPSA) is 63.6 Å². The lowest BCUT2D eigenvalue weighted by Crippen LogP contribution is -2.18. The highest BCUT2D eigenvalue weighted by Gasteiger charge is 2.14. The molecule has 4 heteroatoms. The number of carbonyl (C=O) groups excluding carboxylic acids is 1. The van der Waals surface area contributed by atoms with Gasteiger partial charge in [-0.3, -0.25) is 9.59 Å². The van der Waals surface area contributed by atoms with E-state index in [-0.39, 0.29) is 12.1 Å². The highest BCUT2D eigenvalue weighted by Crippen LogP contribution is 2.18. The van der Waals surface area contributed by atoms with E-state index in [9.17, 15) is 9.59 Å². The molecule has 0 rings (SSSR count). The van der Waals surface area contributed by atoms with Crippen LogP contribution in [0.2, 0.25) is 0 Å². The molecule has 0 fully saturated rings. The van der Waals surface area contributed by atoms with E-state index >= 15 is 0 Å². The molecular formula is C36H68O4. The first-order chi connectivity index (χ1) is 19.6. The van der Waals surface area contributed by atoms with Gasteiger partial charge in [0.25, 0.3) is 0 Å². The van der Waals surface area contributed by atoms with Crippen molar-refractivity contribution in [3.05, 3.63) is 12.2 Å². The molecule has 1 atom stereocenters. The summed E-state index contributed by atoms with van der Waals surface area (Å²) in [5.74, 6) is -0.641. The molecule has 0 heterocycles. The van der Waals surface area contributed by atoms with E-state index < -0.39 is 5.97 Å². The third-order valence-corrected chi connectivity index (χ3v) is 7.99. The van der Waals surface area contributed by atoms with Crippen LogP contribution in [0.5, 0.6) is 0 Å². The standard InChI is InChI=1S/C36H68O4/c1-3-5-7-9-10-11-14-19-22-25-29-33-36(39)40-34(30-26-8-6-4-2)31-27-23-20-17-15-12-13-16-18-21-24-28-32-35(37)38/h9-10,34H,3-8,11-33H2,1-2H3,(H,37,38)/b10-9-. The Morgan fingerprint density at radius 3 is 1.43 bits per heavy atom. The molecule has 0 aromatic rings. The average Bonchev–Trinajstić information content (AvgIpc) is 2.93. The minimum atomic E-state index is -0.670. The molecule has 0 saturated carbocycles. The van der Waals surface area contributed by atoms with Crippen LogP contribution in [0.1, 0.15) is 200 Å². The van der Waals surface area contributed by atoms with Gasteiger partial charge in [-0.25, -0.2) is 0 Å². The second-order valence-electron chi connectivity index (χ2n) is 12.1. The van der Waals surface area contributed by atoms with Gasteiger partial charge in [0.15, 0.2) is 0 Å². The first kappa shape index (κ1) is 38.7. The van der Waals surface area contributed by atoms with Gasteiger partial charge in [-0.2, -0.15) is 0 Å². The molecule has 236 valence electrons. The molecular weight excluding hydrogens is 496 g/mol. The van der Waals surface area contributed by atoms with E-state index in [1.807, 2.05) is 0 Å². The summed E-state index contributed by atoms with van der Waals surface area (Å²) in [5, 5.41) is 8.67. The summed E-state index contributed by atoms with van der Waals surface area (Å²) in [6, 6.07) is 0. The van der Waals surface area contributed by atoms with Crippen molar-refractivity contribution in [1.29, 1.82) is 0 Å². The van der Waals surface area contributed by atoms with E-state index in [1.165, 1.54) is 135 Å². The van der Waals surface area contributed by atoms with Crippen molar-refractivity contribution in [2.75, 3.05) is 0 Å². The quantitative estimate of drug-likeness (QED) is 0.0501. The monoisotopic (exact) mass is 565 g/mol. The number of rotatable bonds is 32. The van der Waals surface area contributed by atoms with Crippen LogP contribution in [-0.2, 0) is 14.3 Å². The largest absolute Gasteiger partial charge is 0.481 e. The van der Waals surface area contributed by atoms with Crippen LogP contribution in [-0.4, -0.2) is 23.1 Å². The molecule has 0 spiro atoms. The molecule has 0 aromatic carbocycles. The number of carboxylic acid groups (broad SMARTS) is 1. The Balaban J connectivity index is 3.83. The Labute approximate surface area is 249 Å². The third kappa shape index (κ3) is 31.2. The summed E-state index contributed by atoms with van der Waals surface area (Å²) < 4.78 is 5.96. The summed E-state index contributed by atoms with van der Waals surface area (Å²) >= 11 is 0. The Bertz CT molecular complexity index is 571. The summed E-state index contributed by atoms with van der Waals surface area (Å²) in [4.78, 5) is 23.0. The SMILES string of the molecule is CCCC/C=C\CCCCCCCC(=O)OC(CCCCCC)CCCCCCCCCCCCCCC(=O)O. The summed E-state index contributed by atoms with van der Waals surface area (Å²) in [5.41, 5.74) is 0. The van der Waals surface area contributed by atoms with Gasteiger partial charge in [-0.15, -0.1) is 0 Å². The van der Waals surface area contributed by atoms with E-state index in [0.717, 1.165) is 38.5 Å². The smallest absolute Gasteiger partial charge is 0.306 e. The number of carboxylic acids is 1. The first-order valence-electron chi connectivity index (χ1n) is 17.7. The lowest BCUT2D eigenvalue weighted by Gasteiger charge is -2.18. The van der Waals surface area contributed by atoms with Gasteiger partial charge in [0.2, 0.25) is 0 Å². The molecule has 0 saturated heterocycles. The van der Waals surface area contributed by atoms with Gasteiger partial charge >= 0.3 is 11.9 Å². The van der Waals surface area contributed by atoms with Crippen molar-refractivity contribution in [2.24, 2.45) is 0 Å². The highest BCUT2D eigenvalue weighted by atomic mass is 16.5. The fourth-order valence-electron chi connectivity index (χ4n) is 5.34. The summed E-state index contributed by atoms with van der Waals surface area (Å²) in [6.07, 6.45) is 38.2. The zero-order valence-corrected chi connectivity index (χ0v) is 26.9. The van der Waals surface area contributed by atoms with Crippen LogP contribution in [0.4, 0.5) is 0 Å². The maximum Gasteiger partial charge on any atom is 0.306 e. The van der Waals surface area contributed by atoms with Gasteiger partial charge in [-0.05, 0) is 57.8 Å². The molecule has 0 aliphatic rings. The van der Waals surface area contributed by atoms with Gasteiger partial charge in [0.1, 0.15) is 6.10 Å². The second kappa shape index (κ2) is 32.2. The predicted molar refractivity (Wildman–Crippen MR) is 172 cm³/mol. The van der Waals surface area contributed by atoms with Gasteiger partial charge in [-0.1, -0.05) is 142 Å². The summed E-state index contributed by atoms with van der Waals surface area (Å²) in [7, 11) is 0. The average molecular weight is 565 g/mol. The van der Waals surface area contributed by atoms with Gasteiger partial charge < -0.3 is 9.84 Å². The van der Waals surface area contributed by atoms with Crippen LogP contribution in [0.25, 0.3) is 0 Å². The number of allylic oxidation sites excluding steroid dienone is 2. The minimum absolute atomic E-state index is 0.0289. The third-order valence-electron chi connectivity index (χ3n) is 7.99. The molecule has 40 heavy (non-hydrogen) atoms. The fraction of sp³-hybridized carbons (Fsp3) is 0.889. The molecule has 0 aliphatic heterocycles. The maximum atomic E-state index is 12.5. The Morgan fingerprint density at radius 2 is 0.925 bits per heavy atom. The Hall–Kier alpha value is -1.32. The predicted octanol–water partition coefficient (Wildman–Crippen LogP) is 11.9. The normalized spacial score (nSPS) is 12.2. The Morgan fingerprint density at radius 1 is 0.525 bits per heavy atom. The number of esters is 1. The molecule has 0 aliphatic carbocycles. The second-order valence-corrected chi connectivity index (χ2v) is 12.1. The minimum Gasteiger partial charge on any atom is -0.481 e. The van der Waals surface area contributed by atoms with E-state index in [0.29, 0.717) is 12.8 Å². The molecule has 0 bridgehead atoms. The fourth-order valence-corrected chi connectivity index (χ4v) is 5.34. The highest BCUT2D eigenvalue weighted by molar-refractivity contribution is 5.69. The van der Waals surface area contributed by atoms with E-state index in [4.69, 9.17) is 9.84 Å². The van der Waals surface area contributed by atoms with Crippen molar-refractivity contribution in [1.82, 2.24) is 0 Å². The lowest BCUT2D eigenvalue weighted by molar-refractivity contribution is -0.150. The molecule has 0 radical (unpaired) electrons. The van der Waals surface area contributed by atoms with Crippen LogP contribution < -0.4 is 0 Å². The number of hydrogen-bond acceptors (Lipinski definition) is 3. The summed E-state index contributed by atoms with van der Waals surface area (Å²) in [6.45, 7) is 4.48. The number of unbranched alkanes of at least 4 members (excludes halogenated alkanes) is 21. The number of carbonyl (C=O) groups is 2. The van der Waals surface area contributed by atoms with E-state index in [2.05, 4.69) is 26.0 Å². The molecule has 0 amide bonds. The van der Waals surface area contributed by atoms with Crippen LogP contribution in [0.15, 0.2) is 12.2 Å². The van der Waals surface area contributed by atoms with Crippen molar-refractivity contribution >= 4 is 11.9 Å². The van der Waals surface area contributed by atoms with Crippen LogP contribution in [0, 0.1) is 0 Å². The van der Waals surface area contributed by atoms with Crippen molar-refractivity contribution in [2.45, 2.75) is 206 Å². The molecule has 4 nitrogen and oxygen atoms in total. The van der Waals surface area contributed by atoms with E-state index in [1.54, 1.807) is 0 Å². The van der Waals surface area contributed by atoms with Crippen molar-refractivity contribution in [3.63, 3.8) is 0 Å². The zero-order valence-electron chi connectivity index (χ0n) is 26.9. The molecule has 0 aromatic heterocycles. The van der Waals surface area contributed by atoms with Gasteiger partial charge in [0, 0.05) is 12.8 Å². The number of hydrogen-bond donors (Lipinski definition) is 1. The first-order valence-corrected chi connectivity index (χ1v) is 17.7.